The summed E-state index contributed by atoms with van der Waals surface area (Å²) >= 11 is 1.37. The van der Waals surface area contributed by atoms with Gasteiger partial charge in [0, 0.05) is 38.1 Å². The third-order valence-corrected chi connectivity index (χ3v) is 4.62. The number of carbonyl (C=O) groups excluding carboxylic acids is 2. The van der Waals surface area contributed by atoms with E-state index in [0.717, 1.165) is 17.2 Å². The molecule has 0 fully saturated rings. The van der Waals surface area contributed by atoms with Crippen molar-refractivity contribution < 1.29 is 9.59 Å². The molecule has 3 rings (SSSR count). The van der Waals surface area contributed by atoms with E-state index in [9.17, 15) is 9.59 Å². The number of hydrogen-bond donors (Lipinski definition) is 2. The van der Waals surface area contributed by atoms with Gasteiger partial charge < -0.3 is 10.6 Å². The van der Waals surface area contributed by atoms with Crippen LogP contribution in [0.1, 0.15) is 27.5 Å². The smallest absolute Gasteiger partial charge is 0.261 e. The number of imidazole rings is 1. The predicted molar refractivity (Wildman–Crippen MR) is 99.2 cm³/mol. The van der Waals surface area contributed by atoms with Crippen molar-refractivity contribution >= 4 is 23.2 Å². The topological polar surface area (TPSA) is 88.9 Å². The van der Waals surface area contributed by atoms with Crippen LogP contribution in [0.2, 0.25) is 0 Å². The highest BCUT2D eigenvalue weighted by atomic mass is 32.1. The molecule has 0 aliphatic rings. The standard InChI is InChI=1S/C18H19N5O2S/c1-13-19-8-9-23(13)16-11-14(4-6-20-16)12-22-17(24)5-7-21-18(25)15-3-2-10-26-15/h2-4,6,8-11H,5,7,12H2,1H3,(H,21,25)(H,22,24). The zero-order chi connectivity index (χ0) is 18.4. The van der Waals surface area contributed by atoms with E-state index in [1.54, 1.807) is 18.5 Å². The van der Waals surface area contributed by atoms with Crippen molar-refractivity contribution in [2.24, 2.45) is 0 Å². The van der Waals surface area contributed by atoms with Gasteiger partial charge in [-0.25, -0.2) is 9.97 Å². The van der Waals surface area contributed by atoms with E-state index in [1.165, 1.54) is 11.3 Å². The summed E-state index contributed by atoms with van der Waals surface area (Å²) in [5, 5.41) is 7.44. The van der Waals surface area contributed by atoms with E-state index in [-0.39, 0.29) is 18.2 Å². The average molecular weight is 369 g/mol. The highest BCUT2D eigenvalue weighted by molar-refractivity contribution is 7.12. The molecule has 3 aromatic heterocycles. The van der Waals surface area contributed by atoms with Crippen molar-refractivity contribution in [3.8, 4) is 5.82 Å². The number of hydrogen-bond acceptors (Lipinski definition) is 5. The Morgan fingerprint density at radius 2 is 2.08 bits per heavy atom. The molecule has 26 heavy (non-hydrogen) atoms. The Balaban J connectivity index is 1.46. The molecule has 0 aromatic carbocycles. The molecule has 7 nitrogen and oxygen atoms in total. The van der Waals surface area contributed by atoms with Crippen LogP contribution in [0.25, 0.3) is 5.82 Å². The second kappa shape index (κ2) is 8.39. The molecular weight excluding hydrogens is 350 g/mol. The second-order valence-corrected chi connectivity index (χ2v) is 6.57. The molecule has 0 aliphatic carbocycles. The fourth-order valence-electron chi connectivity index (χ4n) is 2.40. The lowest BCUT2D eigenvalue weighted by Crippen LogP contribution is -2.30. The molecule has 0 bridgehead atoms. The number of amides is 2. The lowest BCUT2D eigenvalue weighted by molar-refractivity contribution is -0.121. The number of rotatable bonds is 7. The molecular formula is C18H19N5O2S. The zero-order valence-corrected chi connectivity index (χ0v) is 15.1. The fourth-order valence-corrected chi connectivity index (χ4v) is 3.04. The Hall–Kier alpha value is -3.00. The predicted octanol–water partition coefficient (Wildman–Crippen LogP) is 2.07. The number of nitrogens with zero attached hydrogens (tertiary/aromatic N) is 3. The molecule has 0 radical (unpaired) electrons. The first kappa shape index (κ1) is 17.8. The normalized spacial score (nSPS) is 10.5. The van der Waals surface area contributed by atoms with Crippen molar-refractivity contribution in [2.45, 2.75) is 19.9 Å². The second-order valence-electron chi connectivity index (χ2n) is 5.63. The molecule has 3 aromatic rings. The molecule has 0 saturated heterocycles. The minimum atomic E-state index is -0.151. The van der Waals surface area contributed by atoms with Gasteiger partial charge in [0.2, 0.25) is 5.91 Å². The maximum Gasteiger partial charge on any atom is 0.261 e. The molecule has 3 heterocycles. The van der Waals surface area contributed by atoms with Gasteiger partial charge >= 0.3 is 0 Å². The van der Waals surface area contributed by atoms with Gasteiger partial charge in [-0.05, 0) is 36.1 Å². The summed E-state index contributed by atoms with van der Waals surface area (Å²) in [4.78, 5) is 32.9. The van der Waals surface area contributed by atoms with Crippen molar-refractivity contribution in [1.29, 1.82) is 0 Å². The van der Waals surface area contributed by atoms with Crippen molar-refractivity contribution in [1.82, 2.24) is 25.2 Å². The molecule has 0 aliphatic heterocycles. The number of nitrogens with one attached hydrogen (secondary N) is 2. The number of pyridine rings is 1. The first-order chi connectivity index (χ1) is 12.6. The van der Waals surface area contributed by atoms with Crippen molar-refractivity contribution in [3.05, 3.63) is 64.5 Å². The maximum atomic E-state index is 12.0. The van der Waals surface area contributed by atoms with Gasteiger partial charge in [0.15, 0.2) is 0 Å². The van der Waals surface area contributed by atoms with Gasteiger partial charge in [-0.15, -0.1) is 11.3 Å². The van der Waals surface area contributed by atoms with Crippen molar-refractivity contribution in [2.75, 3.05) is 6.54 Å². The van der Waals surface area contributed by atoms with E-state index >= 15 is 0 Å². The molecule has 0 unspecified atom stereocenters. The van der Waals surface area contributed by atoms with Crippen LogP contribution in [0.3, 0.4) is 0 Å². The Labute approximate surface area is 155 Å². The van der Waals surface area contributed by atoms with E-state index in [4.69, 9.17) is 0 Å². The van der Waals surface area contributed by atoms with Crippen LogP contribution in [0.4, 0.5) is 0 Å². The molecule has 8 heteroatoms. The summed E-state index contributed by atoms with van der Waals surface area (Å²) < 4.78 is 1.88. The van der Waals surface area contributed by atoms with Gasteiger partial charge in [0.05, 0.1) is 4.88 Å². The lowest BCUT2D eigenvalue weighted by Gasteiger charge is -2.08. The molecule has 2 N–H and O–H groups in total. The van der Waals surface area contributed by atoms with Crippen LogP contribution >= 0.6 is 11.3 Å². The third-order valence-electron chi connectivity index (χ3n) is 3.75. The summed E-state index contributed by atoms with van der Waals surface area (Å²) in [6.45, 7) is 2.61. The van der Waals surface area contributed by atoms with Crippen molar-refractivity contribution in [3.63, 3.8) is 0 Å². The van der Waals surface area contributed by atoms with Gasteiger partial charge in [0.1, 0.15) is 11.6 Å². The number of thiophene rings is 1. The Morgan fingerprint density at radius 3 is 2.81 bits per heavy atom. The average Bonchev–Trinajstić information content (AvgIpc) is 3.32. The van der Waals surface area contributed by atoms with Crippen LogP contribution in [-0.2, 0) is 11.3 Å². The van der Waals surface area contributed by atoms with Gasteiger partial charge in [-0.3, -0.25) is 14.2 Å². The fraction of sp³-hybridized carbons (Fsp3) is 0.222. The van der Waals surface area contributed by atoms with E-state index in [1.807, 2.05) is 41.3 Å². The lowest BCUT2D eigenvalue weighted by atomic mass is 10.2. The number of aromatic nitrogens is 3. The maximum absolute atomic E-state index is 12.0. The monoisotopic (exact) mass is 369 g/mol. The highest BCUT2D eigenvalue weighted by Gasteiger charge is 2.08. The molecule has 0 spiro atoms. The number of aryl methyl sites for hydroxylation is 1. The minimum Gasteiger partial charge on any atom is -0.352 e. The molecule has 2 amide bonds. The SMILES string of the molecule is Cc1nccn1-c1cc(CNC(=O)CCNC(=O)c2cccs2)ccn1. The summed E-state index contributed by atoms with van der Waals surface area (Å²) in [6, 6.07) is 7.34. The van der Waals surface area contributed by atoms with Crippen LogP contribution in [0.5, 0.6) is 0 Å². The molecule has 0 saturated carbocycles. The Kier molecular flexibility index (Phi) is 5.75. The Bertz CT molecular complexity index is 889. The van der Waals surface area contributed by atoms with Crippen LogP contribution in [-0.4, -0.2) is 32.9 Å². The first-order valence-electron chi connectivity index (χ1n) is 8.17. The molecule has 0 atom stereocenters. The zero-order valence-electron chi connectivity index (χ0n) is 14.3. The summed E-state index contributed by atoms with van der Waals surface area (Å²) in [6.07, 6.45) is 5.50. The molecule has 134 valence electrons. The summed E-state index contributed by atoms with van der Waals surface area (Å²) in [7, 11) is 0. The summed E-state index contributed by atoms with van der Waals surface area (Å²) in [5.41, 5.74) is 0.944. The van der Waals surface area contributed by atoms with E-state index < -0.39 is 0 Å². The Morgan fingerprint density at radius 1 is 1.19 bits per heavy atom. The van der Waals surface area contributed by atoms with Gasteiger partial charge in [-0.2, -0.15) is 0 Å². The van der Waals surface area contributed by atoms with Crippen LogP contribution < -0.4 is 10.6 Å². The van der Waals surface area contributed by atoms with Crippen LogP contribution in [0.15, 0.2) is 48.2 Å². The number of carbonyl (C=O) groups is 2. The quantitative estimate of drug-likeness (QED) is 0.667. The van der Waals surface area contributed by atoms with Crippen LogP contribution in [0, 0.1) is 6.92 Å². The third kappa shape index (κ3) is 4.54. The van der Waals surface area contributed by atoms with E-state index in [0.29, 0.717) is 18.0 Å². The minimum absolute atomic E-state index is 0.117. The highest BCUT2D eigenvalue weighted by Crippen LogP contribution is 2.10. The largest absolute Gasteiger partial charge is 0.352 e. The summed E-state index contributed by atoms with van der Waals surface area (Å²) in [5.74, 6) is 1.34. The first-order valence-corrected chi connectivity index (χ1v) is 9.05. The van der Waals surface area contributed by atoms with Gasteiger partial charge in [0.25, 0.3) is 5.91 Å². The van der Waals surface area contributed by atoms with Gasteiger partial charge in [-0.1, -0.05) is 6.07 Å². The van der Waals surface area contributed by atoms with E-state index in [2.05, 4.69) is 20.6 Å².